The number of nitrogens with one attached hydrogen (secondary N) is 1. The lowest BCUT2D eigenvalue weighted by Crippen LogP contribution is -2.13. The largest absolute Gasteiger partial charge is 0.319 e. The number of rotatable bonds is 4. The molecule has 0 radical (unpaired) electrons. The molecule has 0 saturated carbocycles. The number of carbonyl (C=O) groups excluding carboxylic acids is 1. The second kappa shape index (κ2) is 7.53. The van der Waals surface area contributed by atoms with Crippen molar-refractivity contribution in [1.29, 1.82) is 0 Å². The molecule has 0 unspecified atom stereocenters. The summed E-state index contributed by atoms with van der Waals surface area (Å²) in [5.41, 5.74) is 6.00. The minimum Gasteiger partial charge on any atom is -0.319 e. The summed E-state index contributed by atoms with van der Waals surface area (Å²) in [5, 5.41) is 12.0. The highest BCUT2D eigenvalue weighted by Crippen LogP contribution is 2.25. The molecule has 0 spiro atoms. The molecule has 3 heterocycles. The number of benzene rings is 2. The van der Waals surface area contributed by atoms with Crippen molar-refractivity contribution >= 4 is 17.2 Å². The Labute approximate surface area is 179 Å². The normalized spacial score (nSPS) is 11.0. The van der Waals surface area contributed by atoms with Gasteiger partial charge in [0.05, 0.1) is 34.7 Å². The van der Waals surface area contributed by atoms with Gasteiger partial charge in [-0.3, -0.25) is 4.79 Å². The van der Waals surface area contributed by atoms with E-state index in [1.807, 2.05) is 85.3 Å². The van der Waals surface area contributed by atoms with Crippen LogP contribution in [0, 0.1) is 13.8 Å². The van der Waals surface area contributed by atoms with Crippen LogP contribution in [0.15, 0.2) is 79.1 Å². The van der Waals surface area contributed by atoms with Crippen molar-refractivity contribution in [3.8, 4) is 16.9 Å². The molecule has 0 fully saturated rings. The van der Waals surface area contributed by atoms with Crippen LogP contribution in [0.1, 0.15) is 21.7 Å². The molecule has 152 valence electrons. The van der Waals surface area contributed by atoms with E-state index in [-0.39, 0.29) is 5.91 Å². The minimum atomic E-state index is -0.272. The van der Waals surface area contributed by atoms with Crippen molar-refractivity contribution in [2.75, 3.05) is 5.32 Å². The van der Waals surface area contributed by atoms with Crippen LogP contribution in [0.3, 0.4) is 0 Å². The van der Waals surface area contributed by atoms with Gasteiger partial charge in [-0.1, -0.05) is 48.5 Å². The predicted molar refractivity (Wildman–Crippen MR) is 119 cm³/mol. The first-order chi connectivity index (χ1) is 15.1. The first kappa shape index (κ1) is 18.7. The maximum absolute atomic E-state index is 13.1. The van der Waals surface area contributed by atoms with Crippen molar-refractivity contribution in [3.63, 3.8) is 0 Å². The summed E-state index contributed by atoms with van der Waals surface area (Å²) < 4.78 is 3.52. The Hall–Kier alpha value is -4.26. The van der Waals surface area contributed by atoms with Crippen LogP contribution < -0.4 is 5.32 Å². The van der Waals surface area contributed by atoms with Crippen LogP contribution in [0.5, 0.6) is 0 Å². The minimum absolute atomic E-state index is 0.272. The molecule has 5 aromatic rings. The first-order valence-corrected chi connectivity index (χ1v) is 9.94. The molecule has 0 aliphatic carbocycles. The fourth-order valence-electron chi connectivity index (χ4n) is 3.70. The van der Waals surface area contributed by atoms with E-state index in [9.17, 15) is 4.79 Å². The van der Waals surface area contributed by atoms with Crippen LogP contribution in [-0.4, -0.2) is 30.3 Å². The molecule has 7 heteroatoms. The highest BCUT2D eigenvalue weighted by molar-refractivity contribution is 6.08. The lowest BCUT2D eigenvalue weighted by atomic mass is 10.1. The quantitative estimate of drug-likeness (QED) is 0.477. The number of aryl methyl sites for hydroxylation is 1. The molecule has 0 saturated heterocycles. The molecule has 0 bridgehead atoms. The SMILES string of the molecule is Cc1nn(-c2ccccc2)c(C)c1NC(=O)c1cnn2c(-c3ccccc3)ccnc12. The number of fused-ring (bicyclic) bond motifs is 1. The van der Waals surface area contributed by atoms with Gasteiger partial charge in [-0.15, -0.1) is 0 Å². The zero-order valence-electron chi connectivity index (χ0n) is 17.1. The average Bonchev–Trinajstić information content (AvgIpc) is 3.37. The van der Waals surface area contributed by atoms with Crippen molar-refractivity contribution < 1.29 is 4.79 Å². The fraction of sp³-hybridized carbons (Fsp3) is 0.0833. The standard InChI is InChI=1S/C24H20N6O/c1-16-22(17(2)29(28-16)19-11-7-4-8-12-19)27-24(31)20-15-26-30-21(13-14-25-23(20)30)18-9-5-3-6-10-18/h3-15H,1-2H3,(H,27,31). The van der Waals surface area contributed by atoms with E-state index < -0.39 is 0 Å². The molecular formula is C24H20N6O. The number of hydrogen-bond acceptors (Lipinski definition) is 4. The highest BCUT2D eigenvalue weighted by atomic mass is 16.1. The molecule has 1 amide bonds. The summed E-state index contributed by atoms with van der Waals surface area (Å²) in [7, 11) is 0. The number of amides is 1. The lowest BCUT2D eigenvalue weighted by Gasteiger charge is -2.07. The Kier molecular flexibility index (Phi) is 4.55. The van der Waals surface area contributed by atoms with Crippen LogP contribution in [-0.2, 0) is 0 Å². The van der Waals surface area contributed by atoms with Gasteiger partial charge < -0.3 is 5.32 Å². The van der Waals surface area contributed by atoms with E-state index in [1.54, 1.807) is 16.9 Å². The van der Waals surface area contributed by atoms with Crippen LogP contribution in [0.25, 0.3) is 22.6 Å². The molecule has 2 aromatic carbocycles. The van der Waals surface area contributed by atoms with Gasteiger partial charge >= 0.3 is 0 Å². The monoisotopic (exact) mass is 408 g/mol. The Morgan fingerprint density at radius 3 is 2.39 bits per heavy atom. The van der Waals surface area contributed by atoms with Crippen LogP contribution >= 0.6 is 0 Å². The smallest absolute Gasteiger partial charge is 0.261 e. The molecule has 3 aromatic heterocycles. The van der Waals surface area contributed by atoms with Gasteiger partial charge in [-0.05, 0) is 32.0 Å². The Morgan fingerprint density at radius 1 is 0.935 bits per heavy atom. The summed E-state index contributed by atoms with van der Waals surface area (Å²) in [6, 6.07) is 21.6. The summed E-state index contributed by atoms with van der Waals surface area (Å²) in [6.07, 6.45) is 3.25. The molecule has 0 aliphatic rings. The Morgan fingerprint density at radius 2 is 1.65 bits per heavy atom. The van der Waals surface area contributed by atoms with Gasteiger partial charge in [0.25, 0.3) is 5.91 Å². The number of nitrogens with zero attached hydrogens (tertiary/aromatic N) is 5. The average molecular weight is 408 g/mol. The molecule has 0 aliphatic heterocycles. The third-order valence-electron chi connectivity index (χ3n) is 5.25. The van der Waals surface area contributed by atoms with Crippen molar-refractivity contribution in [3.05, 3.63) is 96.1 Å². The van der Waals surface area contributed by atoms with Gasteiger partial charge in [0.15, 0.2) is 5.65 Å². The molecule has 31 heavy (non-hydrogen) atoms. The summed E-state index contributed by atoms with van der Waals surface area (Å²) in [6.45, 7) is 3.81. The molecule has 1 N–H and O–H groups in total. The maximum Gasteiger partial charge on any atom is 0.261 e. The number of hydrogen-bond donors (Lipinski definition) is 1. The van der Waals surface area contributed by atoms with Crippen molar-refractivity contribution in [2.45, 2.75) is 13.8 Å². The van der Waals surface area contributed by atoms with Gasteiger partial charge in [-0.25, -0.2) is 14.2 Å². The topological polar surface area (TPSA) is 77.1 Å². The fourth-order valence-corrected chi connectivity index (χ4v) is 3.70. The predicted octanol–water partition coefficient (Wildman–Crippen LogP) is 4.45. The third kappa shape index (κ3) is 3.26. The molecule has 0 atom stereocenters. The van der Waals surface area contributed by atoms with E-state index in [4.69, 9.17) is 0 Å². The zero-order chi connectivity index (χ0) is 21.4. The van der Waals surface area contributed by atoms with Crippen LogP contribution in [0.2, 0.25) is 0 Å². The zero-order valence-corrected chi connectivity index (χ0v) is 17.1. The van der Waals surface area contributed by atoms with Gasteiger partial charge in [0, 0.05) is 11.8 Å². The summed E-state index contributed by atoms with van der Waals surface area (Å²) >= 11 is 0. The molecule has 5 rings (SSSR count). The van der Waals surface area contributed by atoms with Gasteiger partial charge in [-0.2, -0.15) is 10.2 Å². The van der Waals surface area contributed by atoms with Crippen molar-refractivity contribution in [1.82, 2.24) is 24.4 Å². The number of anilines is 1. The van der Waals surface area contributed by atoms with Gasteiger partial charge in [0.2, 0.25) is 0 Å². The number of aromatic nitrogens is 5. The third-order valence-corrected chi connectivity index (χ3v) is 5.25. The summed E-state index contributed by atoms with van der Waals surface area (Å²) in [4.78, 5) is 17.6. The van der Waals surface area contributed by atoms with E-state index >= 15 is 0 Å². The van der Waals surface area contributed by atoms with E-state index in [1.165, 1.54) is 0 Å². The molecular weight excluding hydrogens is 388 g/mol. The lowest BCUT2D eigenvalue weighted by molar-refractivity contribution is 0.102. The van der Waals surface area contributed by atoms with E-state index in [0.29, 0.717) is 16.9 Å². The maximum atomic E-state index is 13.1. The van der Waals surface area contributed by atoms with Crippen molar-refractivity contribution in [2.24, 2.45) is 0 Å². The number of para-hydroxylation sites is 1. The Bertz CT molecular complexity index is 1390. The van der Waals surface area contributed by atoms with Gasteiger partial charge in [0.1, 0.15) is 5.56 Å². The second-order valence-corrected chi connectivity index (χ2v) is 7.24. The van der Waals surface area contributed by atoms with Crippen LogP contribution in [0.4, 0.5) is 5.69 Å². The van der Waals surface area contributed by atoms with E-state index in [0.717, 1.165) is 28.3 Å². The summed E-state index contributed by atoms with van der Waals surface area (Å²) in [5.74, 6) is -0.272. The van der Waals surface area contributed by atoms with E-state index in [2.05, 4.69) is 20.5 Å². The molecule has 7 nitrogen and oxygen atoms in total. The highest BCUT2D eigenvalue weighted by Gasteiger charge is 2.20. The number of carbonyl (C=O) groups is 1. The second-order valence-electron chi connectivity index (χ2n) is 7.24. The Balaban J connectivity index is 1.51. The first-order valence-electron chi connectivity index (χ1n) is 9.94.